The molecular formula is C20H31O3-. The Balaban J connectivity index is 1.61. The number of carbonyl (C=O) groups is 1. The molecule has 4 saturated carbocycles. The molecule has 4 aliphatic rings. The van der Waals surface area contributed by atoms with Crippen LogP contribution in [0.5, 0.6) is 0 Å². The minimum atomic E-state index is -0.811. The van der Waals surface area contributed by atoms with Crippen molar-refractivity contribution in [1.82, 2.24) is 0 Å². The summed E-state index contributed by atoms with van der Waals surface area (Å²) in [5.74, 6) is 1.66. The van der Waals surface area contributed by atoms with E-state index in [-0.39, 0.29) is 17.4 Å². The molecule has 4 fully saturated rings. The summed E-state index contributed by atoms with van der Waals surface area (Å²) in [6.45, 7) is 4.72. The SMILES string of the molecule is C[C@]12CC[C@H]3[C@H](CC[C@@H]4C[C@@H](O)CC[C@]43C)[C@H]1CC[C@H]2C(=O)[O-]. The van der Waals surface area contributed by atoms with E-state index in [9.17, 15) is 15.0 Å². The van der Waals surface area contributed by atoms with Gasteiger partial charge in [0, 0.05) is 11.9 Å². The second-order valence-corrected chi connectivity index (χ2v) is 9.58. The van der Waals surface area contributed by atoms with E-state index in [0.717, 1.165) is 44.4 Å². The van der Waals surface area contributed by atoms with Gasteiger partial charge in [0.25, 0.3) is 0 Å². The lowest BCUT2D eigenvalue weighted by atomic mass is 9.44. The van der Waals surface area contributed by atoms with Gasteiger partial charge in [-0.1, -0.05) is 13.8 Å². The highest BCUT2D eigenvalue weighted by Gasteiger charge is 2.60. The first-order chi connectivity index (χ1) is 10.9. The molecule has 3 heteroatoms. The molecule has 0 unspecified atom stereocenters. The molecule has 0 aromatic heterocycles. The van der Waals surface area contributed by atoms with Gasteiger partial charge in [0.2, 0.25) is 0 Å². The zero-order chi connectivity index (χ0) is 16.4. The molecule has 8 atom stereocenters. The summed E-state index contributed by atoms with van der Waals surface area (Å²) in [5.41, 5.74) is 0.348. The van der Waals surface area contributed by atoms with Crippen molar-refractivity contribution in [1.29, 1.82) is 0 Å². The molecule has 0 radical (unpaired) electrons. The molecule has 23 heavy (non-hydrogen) atoms. The average molecular weight is 319 g/mol. The molecule has 0 aromatic rings. The van der Waals surface area contributed by atoms with Crippen molar-refractivity contribution >= 4 is 5.97 Å². The second kappa shape index (κ2) is 5.21. The Morgan fingerprint density at radius 1 is 0.957 bits per heavy atom. The van der Waals surface area contributed by atoms with Gasteiger partial charge in [-0.15, -0.1) is 0 Å². The van der Waals surface area contributed by atoms with Crippen LogP contribution in [0.2, 0.25) is 0 Å². The van der Waals surface area contributed by atoms with Crippen molar-refractivity contribution in [2.45, 2.75) is 77.7 Å². The Bertz CT molecular complexity index is 503. The van der Waals surface area contributed by atoms with Crippen molar-refractivity contribution in [2.24, 2.45) is 40.4 Å². The highest BCUT2D eigenvalue weighted by atomic mass is 16.4. The number of aliphatic hydroxyl groups is 1. The van der Waals surface area contributed by atoms with Gasteiger partial charge in [0.1, 0.15) is 0 Å². The molecule has 130 valence electrons. The maximum Gasteiger partial charge on any atom is 0.0543 e. The van der Waals surface area contributed by atoms with Crippen molar-refractivity contribution in [3.05, 3.63) is 0 Å². The zero-order valence-electron chi connectivity index (χ0n) is 14.6. The number of rotatable bonds is 1. The fourth-order valence-corrected chi connectivity index (χ4v) is 7.62. The molecular weight excluding hydrogens is 288 g/mol. The van der Waals surface area contributed by atoms with Crippen LogP contribution in [0.15, 0.2) is 0 Å². The van der Waals surface area contributed by atoms with Crippen LogP contribution in [0.3, 0.4) is 0 Å². The molecule has 4 rings (SSSR count). The summed E-state index contributed by atoms with van der Waals surface area (Å²) in [4.78, 5) is 11.6. The topological polar surface area (TPSA) is 60.4 Å². The van der Waals surface area contributed by atoms with Crippen molar-refractivity contribution in [3.8, 4) is 0 Å². The van der Waals surface area contributed by atoms with Crippen LogP contribution < -0.4 is 5.11 Å². The fourth-order valence-electron chi connectivity index (χ4n) is 7.62. The summed E-state index contributed by atoms with van der Waals surface area (Å²) in [5, 5.41) is 21.7. The Labute approximate surface area is 139 Å². The summed E-state index contributed by atoms with van der Waals surface area (Å²) in [7, 11) is 0. The number of fused-ring (bicyclic) bond motifs is 5. The lowest BCUT2D eigenvalue weighted by molar-refractivity contribution is -0.315. The third-order valence-corrected chi connectivity index (χ3v) is 8.92. The first-order valence-corrected chi connectivity index (χ1v) is 9.75. The maximum atomic E-state index is 11.6. The van der Waals surface area contributed by atoms with Crippen LogP contribution in [0.4, 0.5) is 0 Å². The van der Waals surface area contributed by atoms with E-state index in [1.807, 2.05) is 0 Å². The molecule has 0 saturated heterocycles. The van der Waals surface area contributed by atoms with Crippen molar-refractivity contribution < 1.29 is 15.0 Å². The van der Waals surface area contributed by atoms with Gasteiger partial charge in [-0.2, -0.15) is 0 Å². The summed E-state index contributed by atoms with van der Waals surface area (Å²) < 4.78 is 0. The molecule has 1 N–H and O–H groups in total. The van der Waals surface area contributed by atoms with Gasteiger partial charge in [0.05, 0.1) is 6.10 Å². The summed E-state index contributed by atoms with van der Waals surface area (Å²) in [6.07, 6.45) is 9.65. The van der Waals surface area contributed by atoms with E-state index in [0.29, 0.717) is 23.2 Å². The predicted octanol–water partition coefficient (Wildman–Crippen LogP) is 2.76. The number of aliphatic hydroxyl groups excluding tert-OH is 1. The monoisotopic (exact) mass is 319 g/mol. The van der Waals surface area contributed by atoms with Gasteiger partial charge >= 0.3 is 0 Å². The molecule has 0 bridgehead atoms. The van der Waals surface area contributed by atoms with E-state index in [2.05, 4.69) is 13.8 Å². The molecule has 0 aliphatic heterocycles. The molecule has 0 heterocycles. The Hall–Kier alpha value is -0.570. The van der Waals surface area contributed by atoms with Gasteiger partial charge in [-0.05, 0) is 92.3 Å². The largest absolute Gasteiger partial charge is 0.550 e. The Kier molecular flexibility index (Phi) is 3.61. The number of hydrogen-bond acceptors (Lipinski definition) is 3. The minimum Gasteiger partial charge on any atom is -0.550 e. The molecule has 3 nitrogen and oxygen atoms in total. The lowest BCUT2D eigenvalue weighted by Gasteiger charge is -2.61. The average Bonchev–Trinajstić information content (AvgIpc) is 2.85. The smallest absolute Gasteiger partial charge is 0.0543 e. The van der Waals surface area contributed by atoms with Gasteiger partial charge < -0.3 is 15.0 Å². The second-order valence-electron chi connectivity index (χ2n) is 9.58. The third-order valence-electron chi connectivity index (χ3n) is 8.92. The first kappa shape index (κ1) is 15.9. The Morgan fingerprint density at radius 2 is 1.65 bits per heavy atom. The van der Waals surface area contributed by atoms with Gasteiger partial charge in [-0.25, -0.2) is 0 Å². The molecule has 4 aliphatic carbocycles. The van der Waals surface area contributed by atoms with Crippen molar-refractivity contribution in [3.63, 3.8) is 0 Å². The minimum absolute atomic E-state index is 0.0304. The van der Waals surface area contributed by atoms with E-state index in [1.165, 1.54) is 19.3 Å². The lowest BCUT2D eigenvalue weighted by Crippen LogP contribution is -2.55. The Morgan fingerprint density at radius 3 is 2.39 bits per heavy atom. The van der Waals surface area contributed by atoms with Crippen LogP contribution >= 0.6 is 0 Å². The third kappa shape index (κ3) is 2.14. The normalized spacial score (nSPS) is 55.6. The van der Waals surface area contributed by atoms with Crippen LogP contribution in [0.1, 0.15) is 71.6 Å². The summed E-state index contributed by atoms with van der Waals surface area (Å²) in [6, 6.07) is 0. The predicted molar refractivity (Wildman–Crippen MR) is 86.2 cm³/mol. The number of hydrogen-bond donors (Lipinski definition) is 1. The number of carboxylic acids is 1. The number of aliphatic carboxylic acids is 1. The highest BCUT2D eigenvalue weighted by Crippen LogP contribution is 2.67. The van der Waals surface area contributed by atoms with Crippen molar-refractivity contribution in [2.75, 3.05) is 0 Å². The first-order valence-electron chi connectivity index (χ1n) is 9.75. The standard InChI is InChI=1S/C20H32O3/c1-19-9-7-13(21)11-12(19)3-4-14-15-5-6-17(18(22)23)20(15,2)10-8-16(14)19/h12-17,21H,3-11H2,1-2H3,(H,22,23)/p-1/t12-,13+,14-,15-,16+,17+,19-,20+/m1/s1. The van der Waals surface area contributed by atoms with E-state index >= 15 is 0 Å². The quantitative estimate of drug-likeness (QED) is 0.808. The number of carboxylic acid groups (broad SMARTS) is 1. The molecule has 0 spiro atoms. The molecule has 0 amide bonds. The number of carbonyl (C=O) groups excluding carboxylic acids is 1. The zero-order valence-corrected chi connectivity index (χ0v) is 14.6. The van der Waals surface area contributed by atoms with Crippen LogP contribution in [-0.2, 0) is 4.79 Å². The fraction of sp³-hybridized carbons (Fsp3) is 0.950. The van der Waals surface area contributed by atoms with Crippen LogP contribution in [-0.4, -0.2) is 17.2 Å². The van der Waals surface area contributed by atoms with E-state index < -0.39 is 5.97 Å². The van der Waals surface area contributed by atoms with Crippen LogP contribution in [0.25, 0.3) is 0 Å². The van der Waals surface area contributed by atoms with E-state index in [1.54, 1.807) is 0 Å². The maximum absolute atomic E-state index is 11.6. The molecule has 0 aromatic carbocycles. The highest BCUT2D eigenvalue weighted by molar-refractivity contribution is 5.69. The van der Waals surface area contributed by atoms with E-state index in [4.69, 9.17) is 0 Å². The van der Waals surface area contributed by atoms with Gasteiger partial charge in [0.15, 0.2) is 0 Å². The summed E-state index contributed by atoms with van der Waals surface area (Å²) >= 11 is 0. The van der Waals surface area contributed by atoms with Gasteiger partial charge in [-0.3, -0.25) is 0 Å². The van der Waals surface area contributed by atoms with Crippen LogP contribution in [0, 0.1) is 40.4 Å².